The van der Waals surface area contributed by atoms with Gasteiger partial charge in [0.05, 0.1) is 46.9 Å². The lowest BCUT2D eigenvalue weighted by atomic mass is 9.85. The lowest BCUT2D eigenvalue weighted by Crippen LogP contribution is -2.61. The van der Waals surface area contributed by atoms with Crippen molar-refractivity contribution in [1.82, 2.24) is 50.0 Å². The second-order valence-corrected chi connectivity index (χ2v) is 23.9. The van der Waals surface area contributed by atoms with Crippen molar-refractivity contribution in [3.8, 4) is 15.4 Å². The second kappa shape index (κ2) is 21.5. The number of hydrogen-bond acceptors (Lipinski definition) is 13. The molecule has 5 aromatic rings. The summed E-state index contributed by atoms with van der Waals surface area (Å²) in [5.74, 6) is 0.464. The van der Waals surface area contributed by atoms with Crippen molar-refractivity contribution in [3.05, 3.63) is 104 Å². The van der Waals surface area contributed by atoms with E-state index in [1.165, 1.54) is 9.78 Å². The summed E-state index contributed by atoms with van der Waals surface area (Å²) >= 11 is 9.59. The molecule has 2 aromatic carbocycles. The number of aliphatic hydroxyl groups excluding tert-OH is 1. The Morgan fingerprint density at radius 2 is 1.60 bits per heavy atom. The highest BCUT2D eigenvalue weighted by Gasteiger charge is 2.45. The monoisotopic (exact) mass is 1050 g/mol. The normalized spacial score (nSPS) is 21.8. The van der Waals surface area contributed by atoms with Crippen molar-refractivity contribution in [1.29, 1.82) is 0 Å². The van der Waals surface area contributed by atoms with Gasteiger partial charge in [-0.2, -0.15) is 0 Å². The van der Waals surface area contributed by atoms with E-state index < -0.39 is 29.6 Å². The van der Waals surface area contributed by atoms with Gasteiger partial charge in [0.15, 0.2) is 5.82 Å². The molecule has 4 aliphatic heterocycles. The molecule has 3 aromatic heterocycles. The van der Waals surface area contributed by atoms with Crippen LogP contribution in [-0.4, -0.2) is 150 Å². The summed E-state index contributed by atoms with van der Waals surface area (Å²) < 4.78 is 2.08. The first kappa shape index (κ1) is 52.5. The van der Waals surface area contributed by atoms with Crippen LogP contribution in [0.5, 0.6) is 0 Å². The van der Waals surface area contributed by atoms with Crippen LogP contribution in [-0.2, 0) is 19.2 Å². The fourth-order valence-electron chi connectivity index (χ4n) is 11.0. The van der Waals surface area contributed by atoms with Crippen LogP contribution >= 0.6 is 34.3 Å². The molecule has 0 spiro atoms. The number of nitrogens with one attached hydrogen (secondary N) is 2. The molecule has 7 heterocycles. The van der Waals surface area contributed by atoms with Crippen LogP contribution in [0.4, 0.5) is 0 Å². The van der Waals surface area contributed by atoms with Crippen LogP contribution in [0.25, 0.3) is 15.4 Å². The van der Waals surface area contributed by atoms with Gasteiger partial charge in [0.2, 0.25) is 23.6 Å². The van der Waals surface area contributed by atoms with Gasteiger partial charge in [-0.1, -0.05) is 68.8 Å². The molecule has 0 bridgehead atoms. The number of fused-ring (bicyclic) bond motifs is 3. The Morgan fingerprint density at radius 3 is 2.26 bits per heavy atom. The Hall–Kier alpha value is -5.37. The third-order valence-electron chi connectivity index (χ3n) is 15.2. The number of halogens is 1. The van der Waals surface area contributed by atoms with Crippen molar-refractivity contribution in [2.24, 2.45) is 10.4 Å². The number of carbonyl (C=O) groups is 4. The molecule has 19 heteroatoms. The number of aliphatic hydroxyl groups is 1. The Labute approximate surface area is 441 Å². The van der Waals surface area contributed by atoms with E-state index in [4.69, 9.17) is 16.6 Å². The van der Waals surface area contributed by atoms with E-state index in [0.717, 1.165) is 74.3 Å². The summed E-state index contributed by atoms with van der Waals surface area (Å²) in [4.78, 5) is 76.3. The van der Waals surface area contributed by atoms with E-state index in [1.54, 1.807) is 22.7 Å². The van der Waals surface area contributed by atoms with Crippen LogP contribution in [0.3, 0.4) is 0 Å². The van der Waals surface area contributed by atoms with Gasteiger partial charge in [0.25, 0.3) is 0 Å². The van der Waals surface area contributed by atoms with Gasteiger partial charge in [0, 0.05) is 78.8 Å². The molecule has 0 aliphatic carbocycles. The van der Waals surface area contributed by atoms with E-state index in [0.29, 0.717) is 43.1 Å². The predicted octanol–water partition coefficient (Wildman–Crippen LogP) is 6.99. The lowest BCUT2D eigenvalue weighted by molar-refractivity contribution is -0.144. The van der Waals surface area contributed by atoms with Gasteiger partial charge in [-0.15, -0.1) is 32.9 Å². The molecule has 3 N–H and O–H groups in total. The van der Waals surface area contributed by atoms with Gasteiger partial charge in [-0.25, -0.2) is 4.98 Å². The third kappa shape index (κ3) is 11.1. The maximum atomic E-state index is 14.4. The molecule has 9 rings (SSSR count). The average Bonchev–Trinajstić information content (AvgIpc) is 4.12. The number of piperidine rings is 1. The molecule has 0 radical (unpaired) electrons. The van der Waals surface area contributed by atoms with E-state index in [-0.39, 0.29) is 61.6 Å². The van der Waals surface area contributed by atoms with E-state index in [9.17, 15) is 24.3 Å². The highest BCUT2D eigenvalue weighted by Crippen LogP contribution is 2.40. The van der Waals surface area contributed by atoms with Gasteiger partial charge in [0.1, 0.15) is 29.0 Å². The molecule has 388 valence electrons. The number of nitrogens with zero attached hydrogens (tertiary/aromatic N) is 9. The molecular formula is C54H68ClN11O5S2. The Balaban J connectivity index is 0.779. The number of piperazine rings is 1. The standard InChI is InChI=1S/C54H68ClN11O5S2/c1-30-26-62(28-44(68)59-49(54(7,8)9)52(71)65-27-41(67)24-43(65)51(70)57-32(3)36-10-12-38(13-11-36)48-33(4)56-29-72-48)22-23-64(30)40-18-20-63(21-19-40)45(69)25-42-50-61-60-35(6)66(50)53-46(31(2)34(5)73-53)47(58-42)37-14-16-39(55)17-15-37/h10-17,29-30,32,40-43,49,67H,18-28H2,1-9H3,(H,57,70)(H,59,68)/t30-,32+,41-,42+,43+,49-/m1/s1. The number of likely N-dealkylation sites (tertiary alicyclic amines) is 2. The van der Waals surface area contributed by atoms with Crippen molar-refractivity contribution in [2.45, 2.75) is 130 Å². The van der Waals surface area contributed by atoms with Crippen LogP contribution in [0.2, 0.25) is 5.02 Å². The number of amides is 4. The van der Waals surface area contributed by atoms with Crippen LogP contribution in [0.1, 0.15) is 117 Å². The quantitative estimate of drug-likeness (QED) is 0.118. The first-order valence-corrected chi connectivity index (χ1v) is 27.5. The number of β-amino-alcohol motifs (C(OH)–C–C–N with tert-alkyl or cyclic N) is 1. The summed E-state index contributed by atoms with van der Waals surface area (Å²) in [7, 11) is 0. The molecule has 0 saturated carbocycles. The van der Waals surface area contributed by atoms with Gasteiger partial charge >= 0.3 is 0 Å². The largest absolute Gasteiger partial charge is 0.391 e. The highest BCUT2D eigenvalue weighted by atomic mass is 35.5. The minimum atomic E-state index is -0.920. The van der Waals surface area contributed by atoms with Crippen molar-refractivity contribution in [3.63, 3.8) is 0 Å². The number of aryl methyl sites for hydroxylation is 3. The minimum absolute atomic E-state index is 0.00391. The number of thiazole rings is 1. The number of thiophene rings is 1. The van der Waals surface area contributed by atoms with Crippen LogP contribution < -0.4 is 10.6 Å². The molecule has 4 amide bonds. The summed E-state index contributed by atoms with van der Waals surface area (Å²) in [6.07, 6.45) is 1.09. The fourth-order valence-corrected chi connectivity index (χ4v) is 13.2. The third-order valence-corrected chi connectivity index (χ3v) is 17.6. The summed E-state index contributed by atoms with van der Waals surface area (Å²) in [5, 5.41) is 27.6. The molecule has 4 aliphatic rings. The topological polar surface area (TPSA) is 181 Å². The second-order valence-electron chi connectivity index (χ2n) is 21.4. The summed E-state index contributed by atoms with van der Waals surface area (Å²) in [5.41, 5.74) is 8.02. The van der Waals surface area contributed by atoms with Gasteiger partial charge in [-0.05, 0) is 88.6 Å². The van der Waals surface area contributed by atoms with Crippen LogP contribution in [0.15, 0.2) is 59.0 Å². The molecular weight excluding hydrogens is 982 g/mol. The zero-order valence-electron chi connectivity index (χ0n) is 43.3. The zero-order chi connectivity index (χ0) is 52.0. The SMILES string of the molecule is Cc1ncsc1-c1ccc([C@H](C)NC(=O)[C@@H]2C[C@@H](O)CN2C(=O)[C@@H](NC(=O)CN2CCN(C3CCN(C(=O)C[C@@H]4N=C(c5ccc(Cl)cc5)c5c(sc(C)c5C)-n5c(C)nnc54)CC3)[C@H](C)C2)C(C)(C)C)cc1. The maximum absolute atomic E-state index is 14.4. The zero-order valence-corrected chi connectivity index (χ0v) is 45.7. The van der Waals surface area contributed by atoms with E-state index in [1.807, 2.05) is 100 Å². The number of aliphatic imine (C=N–C) groups is 1. The minimum Gasteiger partial charge on any atom is -0.391 e. The number of aromatic nitrogens is 4. The first-order chi connectivity index (χ1) is 34.7. The predicted molar refractivity (Wildman–Crippen MR) is 286 cm³/mol. The molecule has 0 unspecified atom stereocenters. The van der Waals surface area contributed by atoms with Gasteiger partial charge in [-0.3, -0.25) is 38.5 Å². The van der Waals surface area contributed by atoms with Crippen molar-refractivity contribution in [2.75, 3.05) is 45.8 Å². The molecule has 16 nitrogen and oxygen atoms in total. The van der Waals surface area contributed by atoms with Gasteiger partial charge < -0.3 is 25.5 Å². The Kier molecular flexibility index (Phi) is 15.4. The fraction of sp³-hybridized carbons (Fsp3) is 0.519. The highest BCUT2D eigenvalue weighted by molar-refractivity contribution is 7.15. The maximum Gasteiger partial charge on any atom is 0.246 e. The number of benzene rings is 2. The number of rotatable bonds is 12. The summed E-state index contributed by atoms with van der Waals surface area (Å²) in [6, 6.07) is 13.5. The average molecular weight is 1050 g/mol. The first-order valence-electron chi connectivity index (χ1n) is 25.5. The molecule has 3 saturated heterocycles. The Bertz CT molecular complexity index is 2880. The van der Waals surface area contributed by atoms with Crippen molar-refractivity contribution >= 4 is 63.6 Å². The smallest absolute Gasteiger partial charge is 0.246 e. The molecule has 73 heavy (non-hydrogen) atoms. The van der Waals surface area contributed by atoms with E-state index in [2.05, 4.69) is 61.0 Å². The van der Waals surface area contributed by atoms with Crippen LogP contribution in [0, 0.1) is 33.1 Å². The van der Waals surface area contributed by atoms with E-state index >= 15 is 0 Å². The lowest BCUT2D eigenvalue weighted by Gasteiger charge is -2.46. The molecule has 3 fully saturated rings. The number of carbonyl (C=O) groups excluding carboxylic acids is 4. The molecule has 6 atom stereocenters. The van der Waals surface area contributed by atoms with Crippen molar-refractivity contribution < 1.29 is 24.3 Å². The number of hydrogen-bond donors (Lipinski definition) is 3. The Morgan fingerprint density at radius 1 is 0.904 bits per heavy atom. The summed E-state index contributed by atoms with van der Waals surface area (Å²) in [6.45, 7) is 21.5.